The van der Waals surface area contributed by atoms with E-state index in [4.69, 9.17) is 0 Å². The molecule has 1 aromatic carbocycles. The van der Waals surface area contributed by atoms with Gasteiger partial charge in [-0.05, 0) is 49.1 Å². The topological polar surface area (TPSA) is 28.2 Å². The van der Waals surface area contributed by atoms with Gasteiger partial charge in [0, 0.05) is 37.7 Å². The molecule has 1 fully saturated rings. The molecule has 3 nitrogen and oxygen atoms in total. The summed E-state index contributed by atoms with van der Waals surface area (Å²) in [7, 11) is 0. The summed E-state index contributed by atoms with van der Waals surface area (Å²) in [6, 6.07) is 11.0. The van der Waals surface area contributed by atoms with Crippen LogP contribution in [0.1, 0.15) is 24.0 Å². The molecule has 1 N–H and O–H groups in total. The zero-order chi connectivity index (χ0) is 13.8. The molecule has 1 aromatic heterocycles. The van der Waals surface area contributed by atoms with Crippen molar-refractivity contribution in [2.24, 2.45) is 0 Å². The fraction of sp³-hybridized carbons (Fsp3) is 0.353. The fourth-order valence-electron chi connectivity index (χ4n) is 2.66. The van der Waals surface area contributed by atoms with Gasteiger partial charge < -0.3 is 10.2 Å². The molecule has 3 rings (SSSR count). The molecule has 0 aliphatic carbocycles. The van der Waals surface area contributed by atoms with Crippen molar-refractivity contribution in [1.82, 2.24) is 4.98 Å². The van der Waals surface area contributed by atoms with Crippen LogP contribution in [-0.4, -0.2) is 18.1 Å². The van der Waals surface area contributed by atoms with Gasteiger partial charge in [0.05, 0.1) is 5.69 Å². The summed E-state index contributed by atoms with van der Waals surface area (Å²) in [4.78, 5) is 6.65. The monoisotopic (exact) mass is 267 g/mol. The average Bonchev–Trinajstić information content (AvgIpc) is 3.00. The number of benzene rings is 1. The molecule has 0 spiro atoms. The molecule has 1 saturated heterocycles. The van der Waals surface area contributed by atoms with Gasteiger partial charge in [0.15, 0.2) is 0 Å². The summed E-state index contributed by atoms with van der Waals surface area (Å²) >= 11 is 0. The molecule has 0 saturated carbocycles. The number of aromatic nitrogens is 1. The second-order valence-electron chi connectivity index (χ2n) is 5.47. The number of nitrogens with zero attached hydrogens (tertiary/aromatic N) is 2. The molecule has 0 radical (unpaired) electrons. The van der Waals surface area contributed by atoms with Crippen LogP contribution in [0.25, 0.3) is 0 Å². The predicted octanol–water partition coefficient (Wildman–Crippen LogP) is 3.60. The molecule has 2 heterocycles. The molecular formula is C17H21N3. The SMILES string of the molecule is Cc1cncc(NCc2ccc(N3CCCC3)cc2)c1. The highest BCUT2D eigenvalue weighted by molar-refractivity contribution is 5.49. The van der Waals surface area contributed by atoms with E-state index in [9.17, 15) is 0 Å². The molecule has 3 heteroatoms. The maximum atomic E-state index is 4.19. The van der Waals surface area contributed by atoms with E-state index in [1.54, 1.807) is 0 Å². The normalized spacial score (nSPS) is 14.6. The van der Waals surface area contributed by atoms with E-state index in [0.29, 0.717) is 0 Å². The minimum absolute atomic E-state index is 0.839. The lowest BCUT2D eigenvalue weighted by atomic mass is 10.2. The van der Waals surface area contributed by atoms with E-state index in [2.05, 4.69) is 52.5 Å². The molecular weight excluding hydrogens is 246 g/mol. The number of anilines is 2. The van der Waals surface area contributed by atoms with Crippen molar-refractivity contribution < 1.29 is 0 Å². The van der Waals surface area contributed by atoms with Crippen LogP contribution in [0.5, 0.6) is 0 Å². The first kappa shape index (κ1) is 13.0. The Bertz CT molecular complexity index is 557. The van der Waals surface area contributed by atoms with Crippen molar-refractivity contribution in [1.29, 1.82) is 0 Å². The quantitative estimate of drug-likeness (QED) is 0.917. The lowest BCUT2D eigenvalue weighted by Crippen LogP contribution is -2.17. The largest absolute Gasteiger partial charge is 0.380 e. The van der Waals surface area contributed by atoms with Gasteiger partial charge in [-0.3, -0.25) is 4.98 Å². The van der Waals surface area contributed by atoms with Crippen molar-refractivity contribution in [3.05, 3.63) is 53.9 Å². The van der Waals surface area contributed by atoms with Crippen LogP contribution >= 0.6 is 0 Å². The first-order valence-electron chi connectivity index (χ1n) is 7.31. The Morgan fingerprint density at radius 2 is 1.85 bits per heavy atom. The first-order valence-corrected chi connectivity index (χ1v) is 7.31. The van der Waals surface area contributed by atoms with Crippen molar-refractivity contribution in [3.63, 3.8) is 0 Å². The molecule has 2 aromatic rings. The van der Waals surface area contributed by atoms with E-state index in [-0.39, 0.29) is 0 Å². The minimum Gasteiger partial charge on any atom is -0.380 e. The summed E-state index contributed by atoms with van der Waals surface area (Å²) in [6.07, 6.45) is 6.38. The van der Waals surface area contributed by atoms with Crippen LogP contribution in [0.3, 0.4) is 0 Å². The van der Waals surface area contributed by atoms with Gasteiger partial charge in [0.2, 0.25) is 0 Å². The third-order valence-electron chi connectivity index (χ3n) is 3.78. The molecule has 0 amide bonds. The van der Waals surface area contributed by atoms with Crippen molar-refractivity contribution in [2.75, 3.05) is 23.3 Å². The Morgan fingerprint density at radius 3 is 2.55 bits per heavy atom. The zero-order valence-corrected chi connectivity index (χ0v) is 12.0. The average molecular weight is 267 g/mol. The predicted molar refractivity (Wildman–Crippen MR) is 84.2 cm³/mol. The maximum absolute atomic E-state index is 4.19. The summed E-state index contributed by atoms with van der Waals surface area (Å²) < 4.78 is 0. The van der Waals surface area contributed by atoms with Gasteiger partial charge in [-0.15, -0.1) is 0 Å². The Morgan fingerprint density at radius 1 is 1.10 bits per heavy atom. The Kier molecular flexibility index (Phi) is 3.86. The second-order valence-corrected chi connectivity index (χ2v) is 5.47. The van der Waals surface area contributed by atoms with Gasteiger partial charge >= 0.3 is 0 Å². The van der Waals surface area contributed by atoms with Gasteiger partial charge in [0.1, 0.15) is 0 Å². The molecule has 1 aliphatic heterocycles. The van der Waals surface area contributed by atoms with Gasteiger partial charge in [-0.1, -0.05) is 12.1 Å². The van der Waals surface area contributed by atoms with Crippen molar-refractivity contribution in [2.45, 2.75) is 26.3 Å². The molecule has 0 atom stereocenters. The van der Waals surface area contributed by atoms with E-state index < -0.39 is 0 Å². The number of hydrogen-bond donors (Lipinski definition) is 1. The lowest BCUT2D eigenvalue weighted by Gasteiger charge is -2.17. The molecule has 0 bridgehead atoms. The number of rotatable bonds is 4. The zero-order valence-electron chi connectivity index (χ0n) is 12.0. The van der Waals surface area contributed by atoms with Crippen LogP contribution in [0.2, 0.25) is 0 Å². The highest BCUT2D eigenvalue weighted by Gasteiger charge is 2.11. The summed E-state index contributed by atoms with van der Waals surface area (Å²) in [5.41, 5.74) is 4.91. The Labute approximate surface area is 120 Å². The van der Waals surface area contributed by atoms with Gasteiger partial charge in [-0.2, -0.15) is 0 Å². The fourth-order valence-corrected chi connectivity index (χ4v) is 2.66. The van der Waals surface area contributed by atoms with Gasteiger partial charge in [0.25, 0.3) is 0 Å². The van der Waals surface area contributed by atoms with Crippen LogP contribution < -0.4 is 10.2 Å². The summed E-state index contributed by atoms with van der Waals surface area (Å²) in [6.45, 7) is 5.30. The third-order valence-corrected chi connectivity index (χ3v) is 3.78. The highest BCUT2D eigenvalue weighted by Crippen LogP contribution is 2.20. The molecule has 104 valence electrons. The standard InChI is InChI=1S/C17H21N3/c1-14-10-16(13-18-11-14)19-12-15-4-6-17(7-5-15)20-8-2-3-9-20/h4-7,10-11,13,19H,2-3,8-9,12H2,1H3. The number of hydrogen-bond acceptors (Lipinski definition) is 3. The van der Waals surface area contributed by atoms with Crippen molar-refractivity contribution in [3.8, 4) is 0 Å². The summed E-state index contributed by atoms with van der Waals surface area (Å²) in [5.74, 6) is 0. The first-order chi connectivity index (χ1) is 9.81. The maximum Gasteiger partial charge on any atom is 0.0532 e. The van der Waals surface area contributed by atoms with E-state index in [1.807, 2.05) is 12.4 Å². The van der Waals surface area contributed by atoms with E-state index >= 15 is 0 Å². The van der Waals surface area contributed by atoms with Crippen LogP contribution in [0, 0.1) is 6.92 Å². The van der Waals surface area contributed by atoms with Crippen LogP contribution in [-0.2, 0) is 6.54 Å². The van der Waals surface area contributed by atoms with E-state index in [0.717, 1.165) is 12.2 Å². The molecule has 1 aliphatic rings. The smallest absolute Gasteiger partial charge is 0.0532 e. The number of nitrogens with one attached hydrogen (secondary N) is 1. The minimum atomic E-state index is 0.839. The molecule has 0 unspecified atom stereocenters. The Balaban J connectivity index is 1.60. The van der Waals surface area contributed by atoms with Gasteiger partial charge in [-0.25, -0.2) is 0 Å². The number of aryl methyl sites for hydroxylation is 1. The third kappa shape index (κ3) is 3.10. The number of pyridine rings is 1. The van der Waals surface area contributed by atoms with Crippen LogP contribution in [0.15, 0.2) is 42.7 Å². The van der Waals surface area contributed by atoms with Crippen molar-refractivity contribution >= 4 is 11.4 Å². The lowest BCUT2D eigenvalue weighted by molar-refractivity contribution is 0.949. The Hall–Kier alpha value is -2.03. The summed E-state index contributed by atoms with van der Waals surface area (Å²) in [5, 5.41) is 3.41. The highest BCUT2D eigenvalue weighted by atomic mass is 15.1. The van der Waals surface area contributed by atoms with Crippen LogP contribution in [0.4, 0.5) is 11.4 Å². The second kappa shape index (κ2) is 5.95. The van der Waals surface area contributed by atoms with E-state index in [1.165, 1.54) is 42.7 Å². The molecule has 20 heavy (non-hydrogen) atoms.